The molecule has 4 heteroatoms. The van der Waals surface area contributed by atoms with Crippen molar-refractivity contribution < 1.29 is 8.42 Å². The standard InChI is InChI=1S/C20H25NO2S/c1-13-8-9-19-18(11-13)7-6-10-21(19)24(22,23)20-16(4)14(2)12-15(3)17(20)5/h8-9,11-12H,6-7,10H2,1-5H3. The highest BCUT2D eigenvalue weighted by atomic mass is 32.2. The summed E-state index contributed by atoms with van der Waals surface area (Å²) in [5.41, 5.74) is 6.91. The highest BCUT2D eigenvalue weighted by Gasteiger charge is 2.32. The molecule has 0 aromatic heterocycles. The van der Waals surface area contributed by atoms with Gasteiger partial charge in [-0.05, 0) is 81.3 Å². The van der Waals surface area contributed by atoms with Gasteiger partial charge >= 0.3 is 0 Å². The maximum Gasteiger partial charge on any atom is 0.264 e. The number of hydrogen-bond donors (Lipinski definition) is 0. The highest BCUT2D eigenvalue weighted by molar-refractivity contribution is 7.93. The summed E-state index contributed by atoms with van der Waals surface area (Å²) in [5.74, 6) is 0. The second-order valence-corrected chi connectivity index (χ2v) is 8.70. The zero-order valence-corrected chi connectivity index (χ0v) is 15.9. The van der Waals surface area contributed by atoms with Crippen molar-refractivity contribution in [3.8, 4) is 0 Å². The lowest BCUT2D eigenvalue weighted by molar-refractivity contribution is 0.585. The normalized spacial score (nSPS) is 14.6. The summed E-state index contributed by atoms with van der Waals surface area (Å²) in [4.78, 5) is 0.480. The molecule has 0 saturated heterocycles. The molecule has 0 aliphatic carbocycles. The van der Waals surface area contributed by atoms with Crippen LogP contribution in [0.15, 0.2) is 29.2 Å². The summed E-state index contributed by atoms with van der Waals surface area (Å²) in [6.45, 7) is 10.4. The first-order valence-corrected chi connectivity index (χ1v) is 9.87. The van der Waals surface area contributed by atoms with Gasteiger partial charge in [-0.3, -0.25) is 4.31 Å². The number of sulfonamides is 1. The Morgan fingerprint density at radius 3 is 2.17 bits per heavy atom. The molecule has 0 N–H and O–H groups in total. The van der Waals surface area contributed by atoms with Crippen molar-refractivity contribution in [2.45, 2.75) is 52.4 Å². The van der Waals surface area contributed by atoms with Crippen LogP contribution in [0.5, 0.6) is 0 Å². The predicted molar refractivity (Wildman–Crippen MR) is 99.4 cm³/mol. The first-order valence-electron chi connectivity index (χ1n) is 8.43. The fraction of sp³-hybridized carbons (Fsp3) is 0.400. The fourth-order valence-electron chi connectivity index (χ4n) is 3.62. The number of nitrogens with zero attached hydrogens (tertiary/aromatic N) is 1. The molecule has 1 aliphatic heterocycles. The average Bonchev–Trinajstić information content (AvgIpc) is 2.52. The zero-order chi connectivity index (χ0) is 17.6. The van der Waals surface area contributed by atoms with Crippen LogP contribution in [-0.2, 0) is 16.4 Å². The van der Waals surface area contributed by atoms with Crippen LogP contribution in [0.2, 0.25) is 0 Å². The number of benzene rings is 2. The summed E-state index contributed by atoms with van der Waals surface area (Å²) in [6.07, 6.45) is 1.80. The van der Waals surface area contributed by atoms with Crippen LogP contribution in [0.4, 0.5) is 5.69 Å². The Bertz CT molecular complexity index is 887. The molecule has 2 aromatic rings. The minimum Gasteiger partial charge on any atom is -0.266 e. The van der Waals surface area contributed by atoms with E-state index >= 15 is 0 Å². The van der Waals surface area contributed by atoms with Crippen LogP contribution in [0.1, 0.15) is 39.8 Å². The van der Waals surface area contributed by atoms with Crippen LogP contribution < -0.4 is 4.31 Å². The van der Waals surface area contributed by atoms with Gasteiger partial charge in [0.15, 0.2) is 0 Å². The highest BCUT2D eigenvalue weighted by Crippen LogP contribution is 2.35. The Hall–Kier alpha value is -1.81. The van der Waals surface area contributed by atoms with E-state index in [-0.39, 0.29) is 0 Å². The third-order valence-electron chi connectivity index (χ3n) is 5.16. The topological polar surface area (TPSA) is 37.4 Å². The number of anilines is 1. The van der Waals surface area contributed by atoms with E-state index in [9.17, 15) is 8.42 Å². The van der Waals surface area contributed by atoms with Crippen LogP contribution in [0, 0.1) is 34.6 Å². The van der Waals surface area contributed by atoms with Gasteiger partial charge in [0, 0.05) is 6.54 Å². The molecule has 1 heterocycles. The van der Waals surface area contributed by atoms with E-state index in [0.717, 1.165) is 46.3 Å². The average molecular weight is 343 g/mol. The van der Waals surface area contributed by atoms with E-state index in [1.165, 1.54) is 5.56 Å². The van der Waals surface area contributed by atoms with Gasteiger partial charge in [0.25, 0.3) is 10.0 Å². The summed E-state index contributed by atoms with van der Waals surface area (Å²) < 4.78 is 28.6. The van der Waals surface area contributed by atoms with Gasteiger partial charge in [-0.25, -0.2) is 8.42 Å². The van der Waals surface area contributed by atoms with Crippen molar-refractivity contribution >= 4 is 15.7 Å². The Morgan fingerprint density at radius 2 is 1.54 bits per heavy atom. The predicted octanol–water partition coefficient (Wildman–Crippen LogP) is 4.37. The molecule has 3 rings (SSSR count). The van der Waals surface area contributed by atoms with Gasteiger partial charge < -0.3 is 0 Å². The van der Waals surface area contributed by atoms with E-state index in [4.69, 9.17) is 0 Å². The molecule has 0 unspecified atom stereocenters. The molecule has 0 spiro atoms. The molecule has 0 radical (unpaired) electrons. The van der Waals surface area contributed by atoms with Gasteiger partial charge in [0.2, 0.25) is 0 Å². The Labute approximate surface area is 145 Å². The van der Waals surface area contributed by atoms with E-state index in [2.05, 4.69) is 12.1 Å². The van der Waals surface area contributed by atoms with Crippen molar-refractivity contribution in [2.24, 2.45) is 0 Å². The van der Waals surface area contributed by atoms with Gasteiger partial charge in [-0.2, -0.15) is 0 Å². The first kappa shape index (κ1) is 17.0. The third-order valence-corrected chi connectivity index (χ3v) is 7.24. The van der Waals surface area contributed by atoms with Crippen molar-refractivity contribution in [1.82, 2.24) is 0 Å². The molecule has 1 aliphatic rings. The Morgan fingerprint density at radius 1 is 0.917 bits per heavy atom. The van der Waals surface area contributed by atoms with E-state index in [1.54, 1.807) is 4.31 Å². The van der Waals surface area contributed by atoms with E-state index in [1.807, 2.05) is 46.8 Å². The number of hydrogen-bond acceptors (Lipinski definition) is 2. The van der Waals surface area contributed by atoms with Crippen molar-refractivity contribution in [3.05, 3.63) is 57.6 Å². The minimum absolute atomic E-state index is 0.480. The van der Waals surface area contributed by atoms with Crippen LogP contribution >= 0.6 is 0 Å². The van der Waals surface area contributed by atoms with Crippen LogP contribution in [0.25, 0.3) is 0 Å². The molecule has 128 valence electrons. The van der Waals surface area contributed by atoms with Gasteiger partial charge in [0.1, 0.15) is 0 Å². The van der Waals surface area contributed by atoms with Crippen molar-refractivity contribution in [3.63, 3.8) is 0 Å². The fourth-order valence-corrected chi connectivity index (χ4v) is 5.74. The number of aryl methyl sites for hydroxylation is 4. The van der Waals surface area contributed by atoms with E-state index in [0.29, 0.717) is 11.4 Å². The van der Waals surface area contributed by atoms with E-state index < -0.39 is 10.0 Å². The lowest BCUT2D eigenvalue weighted by Crippen LogP contribution is -2.36. The lowest BCUT2D eigenvalue weighted by Gasteiger charge is -2.32. The molecular formula is C20H25NO2S. The molecule has 0 amide bonds. The van der Waals surface area contributed by atoms with Crippen molar-refractivity contribution in [2.75, 3.05) is 10.8 Å². The first-order chi connectivity index (χ1) is 11.2. The number of rotatable bonds is 2. The largest absolute Gasteiger partial charge is 0.266 e. The molecule has 24 heavy (non-hydrogen) atoms. The summed E-state index contributed by atoms with van der Waals surface area (Å²) in [6, 6.07) is 8.12. The summed E-state index contributed by atoms with van der Waals surface area (Å²) in [5, 5.41) is 0. The molecule has 0 saturated carbocycles. The molecule has 2 aromatic carbocycles. The Kier molecular flexibility index (Phi) is 4.20. The minimum atomic E-state index is -3.56. The summed E-state index contributed by atoms with van der Waals surface area (Å²) in [7, 11) is -3.56. The second-order valence-electron chi connectivity index (χ2n) is 6.90. The second kappa shape index (κ2) is 5.92. The SMILES string of the molecule is Cc1ccc2c(c1)CCCN2S(=O)(=O)c1c(C)c(C)cc(C)c1C. The van der Waals surface area contributed by atoms with Gasteiger partial charge in [-0.15, -0.1) is 0 Å². The Balaban J connectivity index is 2.22. The molecule has 0 atom stereocenters. The monoisotopic (exact) mass is 343 g/mol. The number of fused-ring (bicyclic) bond motifs is 1. The molecule has 0 fully saturated rings. The third kappa shape index (κ3) is 2.63. The molecular weight excluding hydrogens is 318 g/mol. The van der Waals surface area contributed by atoms with Gasteiger partial charge in [-0.1, -0.05) is 23.8 Å². The van der Waals surface area contributed by atoms with Crippen LogP contribution in [-0.4, -0.2) is 15.0 Å². The lowest BCUT2D eigenvalue weighted by atomic mass is 10.0. The molecule has 3 nitrogen and oxygen atoms in total. The molecule has 0 bridgehead atoms. The van der Waals surface area contributed by atoms with Crippen LogP contribution in [0.3, 0.4) is 0 Å². The zero-order valence-electron chi connectivity index (χ0n) is 15.1. The maximum atomic E-state index is 13.5. The summed E-state index contributed by atoms with van der Waals surface area (Å²) >= 11 is 0. The quantitative estimate of drug-likeness (QED) is 0.812. The smallest absolute Gasteiger partial charge is 0.264 e. The van der Waals surface area contributed by atoms with Gasteiger partial charge in [0.05, 0.1) is 10.6 Å². The van der Waals surface area contributed by atoms with Crippen molar-refractivity contribution in [1.29, 1.82) is 0 Å². The maximum absolute atomic E-state index is 13.5.